The maximum absolute atomic E-state index is 12.6. The molecule has 4 aromatic rings. The van der Waals surface area contributed by atoms with Crippen molar-refractivity contribution in [1.29, 1.82) is 0 Å². The van der Waals surface area contributed by atoms with E-state index in [9.17, 15) is 4.79 Å². The fourth-order valence-corrected chi connectivity index (χ4v) is 4.10. The van der Waals surface area contributed by atoms with Gasteiger partial charge in [0.2, 0.25) is 11.1 Å². The number of hydrogen-bond donors (Lipinski definition) is 2. The minimum Gasteiger partial charge on any atom is -0.355 e. The van der Waals surface area contributed by atoms with Gasteiger partial charge in [0.1, 0.15) is 5.52 Å². The van der Waals surface area contributed by atoms with Crippen molar-refractivity contribution in [3.8, 4) is 0 Å². The van der Waals surface area contributed by atoms with Crippen molar-refractivity contribution in [3.05, 3.63) is 60.2 Å². The zero-order valence-electron chi connectivity index (χ0n) is 16.4. The van der Waals surface area contributed by atoms with Crippen molar-refractivity contribution >= 4 is 39.7 Å². The van der Waals surface area contributed by atoms with E-state index in [2.05, 4.69) is 44.5 Å². The summed E-state index contributed by atoms with van der Waals surface area (Å²) < 4.78 is 0. The second-order valence-corrected chi connectivity index (χ2v) is 8.29. The number of thioether (sulfide) groups is 1. The molecule has 7 heteroatoms. The summed E-state index contributed by atoms with van der Waals surface area (Å²) in [7, 11) is 0. The quantitative estimate of drug-likeness (QED) is 0.448. The summed E-state index contributed by atoms with van der Waals surface area (Å²) in [6.07, 6.45) is 0.968. The van der Waals surface area contributed by atoms with Crippen molar-refractivity contribution in [2.75, 3.05) is 6.54 Å². The van der Waals surface area contributed by atoms with Gasteiger partial charge in [0.05, 0.1) is 5.25 Å². The SMILES string of the molecule is CC[C@H](CNC(=O)[C@@H](C)Sc1nnc2c(n1)[nH]c1ccccc12)c1ccccc1. The van der Waals surface area contributed by atoms with E-state index in [1.807, 2.05) is 49.4 Å². The number of rotatable bonds is 7. The number of aromatic amines is 1. The Balaban J connectivity index is 1.41. The van der Waals surface area contributed by atoms with E-state index in [4.69, 9.17) is 0 Å². The number of nitrogens with zero attached hydrogens (tertiary/aromatic N) is 3. The average molecular weight is 406 g/mol. The van der Waals surface area contributed by atoms with E-state index >= 15 is 0 Å². The Labute approximate surface area is 173 Å². The average Bonchev–Trinajstić information content (AvgIpc) is 3.12. The number of carbonyl (C=O) groups is 1. The lowest BCUT2D eigenvalue weighted by Gasteiger charge is -2.18. The van der Waals surface area contributed by atoms with E-state index in [0.29, 0.717) is 23.3 Å². The zero-order chi connectivity index (χ0) is 20.2. The fraction of sp³-hybridized carbons (Fsp3) is 0.273. The summed E-state index contributed by atoms with van der Waals surface area (Å²) in [6, 6.07) is 18.2. The first kappa shape index (κ1) is 19.4. The minimum absolute atomic E-state index is 0.0234. The highest BCUT2D eigenvalue weighted by Gasteiger charge is 2.19. The smallest absolute Gasteiger partial charge is 0.233 e. The van der Waals surface area contributed by atoms with Crippen molar-refractivity contribution in [1.82, 2.24) is 25.5 Å². The molecule has 1 amide bonds. The van der Waals surface area contributed by atoms with Gasteiger partial charge in [0, 0.05) is 23.4 Å². The predicted molar refractivity (Wildman–Crippen MR) is 117 cm³/mol. The Morgan fingerprint density at radius 1 is 1.10 bits per heavy atom. The molecule has 0 spiro atoms. The first-order valence-electron chi connectivity index (χ1n) is 9.76. The van der Waals surface area contributed by atoms with Crippen LogP contribution in [0.25, 0.3) is 22.1 Å². The normalized spacial score (nSPS) is 13.4. The van der Waals surface area contributed by atoms with Crippen LogP contribution >= 0.6 is 11.8 Å². The van der Waals surface area contributed by atoms with Crippen LogP contribution in [0, 0.1) is 0 Å². The van der Waals surface area contributed by atoms with Gasteiger partial charge < -0.3 is 10.3 Å². The van der Waals surface area contributed by atoms with Gasteiger partial charge in [-0.15, -0.1) is 10.2 Å². The highest BCUT2D eigenvalue weighted by Crippen LogP contribution is 2.25. The van der Waals surface area contributed by atoms with E-state index in [1.165, 1.54) is 17.3 Å². The van der Waals surface area contributed by atoms with Gasteiger partial charge in [0.25, 0.3) is 0 Å². The molecule has 2 N–H and O–H groups in total. The fourth-order valence-electron chi connectivity index (χ4n) is 3.36. The zero-order valence-corrected chi connectivity index (χ0v) is 17.2. The summed E-state index contributed by atoms with van der Waals surface area (Å²) in [5.74, 6) is 0.280. The Kier molecular flexibility index (Phi) is 5.76. The molecule has 6 nitrogen and oxygen atoms in total. The van der Waals surface area contributed by atoms with Crippen LogP contribution in [0.1, 0.15) is 31.7 Å². The third kappa shape index (κ3) is 4.24. The predicted octanol–water partition coefficient (Wildman–Crippen LogP) is 4.30. The topological polar surface area (TPSA) is 83.6 Å². The molecular formula is C22H23N5OS. The highest BCUT2D eigenvalue weighted by molar-refractivity contribution is 8.00. The monoisotopic (exact) mass is 405 g/mol. The van der Waals surface area contributed by atoms with Crippen LogP contribution < -0.4 is 5.32 Å². The number of aromatic nitrogens is 4. The number of hydrogen-bond acceptors (Lipinski definition) is 5. The minimum atomic E-state index is -0.313. The van der Waals surface area contributed by atoms with Crippen LogP contribution in [0.15, 0.2) is 59.8 Å². The van der Waals surface area contributed by atoms with Gasteiger partial charge >= 0.3 is 0 Å². The van der Waals surface area contributed by atoms with Crippen molar-refractivity contribution in [2.24, 2.45) is 0 Å². The second kappa shape index (κ2) is 8.61. The van der Waals surface area contributed by atoms with Crippen molar-refractivity contribution in [3.63, 3.8) is 0 Å². The molecule has 148 valence electrons. The molecule has 2 aromatic heterocycles. The van der Waals surface area contributed by atoms with E-state index in [-0.39, 0.29) is 11.2 Å². The van der Waals surface area contributed by atoms with Crippen LogP contribution in [0.4, 0.5) is 0 Å². The lowest BCUT2D eigenvalue weighted by atomic mass is 9.96. The molecule has 0 unspecified atom stereocenters. The number of fused-ring (bicyclic) bond motifs is 3. The van der Waals surface area contributed by atoms with Crippen LogP contribution in [-0.4, -0.2) is 37.9 Å². The molecule has 0 aliphatic heterocycles. The van der Waals surface area contributed by atoms with Gasteiger partial charge in [-0.3, -0.25) is 4.79 Å². The van der Waals surface area contributed by atoms with Crippen LogP contribution in [0.5, 0.6) is 0 Å². The third-order valence-corrected chi connectivity index (χ3v) is 5.99. The molecule has 0 saturated heterocycles. The van der Waals surface area contributed by atoms with Crippen molar-refractivity contribution in [2.45, 2.75) is 36.6 Å². The van der Waals surface area contributed by atoms with Gasteiger partial charge in [-0.1, -0.05) is 67.2 Å². The first-order chi connectivity index (χ1) is 14.2. The van der Waals surface area contributed by atoms with Gasteiger partial charge in [0.15, 0.2) is 5.65 Å². The molecule has 29 heavy (non-hydrogen) atoms. The number of carbonyl (C=O) groups excluding carboxylic acids is 1. The number of nitrogens with one attached hydrogen (secondary N) is 2. The molecule has 2 atom stereocenters. The Morgan fingerprint density at radius 2 is 1.86 bits per heavy atom. The Hall–Kier alpha value is -2.93. The van der Waals surface area contributed by atoms with E-state index < -0.39 is 0 Å². The summed E-state index contributed by atoms with van der Waals surface area (Å²) >= 11 is 1.31. The molecule has 0 aliphatic rings. The lowest BCUT2D eigenvalue weighted by Crippen LogP contribution is -2.34. The summed E-state index contributed by atoms with van der Waals surface area (Å²) in [5.41, 5.74) is 3.65. The largest absolute Gasteiger partial charge is 0.355 e. The highest BCUT2D eigenvalue weighted by atomic mass is 32.2. The number of para-hydroxylation sites is 1. The number of H-pyrrole nitrogens is 1. The molecule has 2 heterocycles. The Bertz CT molecular complexity index is 1130. The van der Waals surface area contributed by atoms with Gasteiger partial charge in [-0.25, -0.2) is 4.98 Å². The summed E-state index contributed by atoms with van der Waals surface area (Å²) in [6.45, 7) is 4.61. The maximum atomic E-state index is 12.6. The first-order valence-corrected chi connectivity index (χ1v) is 10.6. The van der Waals surface area contributed by atoms with Gasteiger partial charge in [-0.2, -0.15) is 0 Å². The standard InChI is InChI=1S/C22H23N5OS/c1-3-15(16-9-5-4-6-10-16)13-23-21(28)14(2)29-22-25-20-19(26-27-22)17-11-7-8-12-18(17)24-20/h4-12,14-15H,3,13H2,1-2H3,(H,23,28)(H,24,25,27)/t14-,15-/m1/s1. The molecule has 0 radical (unpaired) electrons. The lowest BCUT2D eigenvalue weighted by molar-refractivity contribution is -0.120. The molecule has 0 saturated carbocycles. The van der Waals surface area contributed by atoms with Crippen LogP contribution in [-0.2, 0) is 4.79 Å². The van der Waals surface area contributed by atoms with E-state index in [1.54, 1.807) is 0 Å². The second-order valence-electron chi connectivity index (χ2n) is 6.98. The molecule has 2 aromatic carbocycles. The number of benzene rings is 2. The van der Waals surface area contributed by atoms with Crippen LogP contribution in [0.3, 0.4) is 0 Å². The van der Waals surface area contributed by atoms with Gasteiger partial charge in [-0.05, 0) is 25.0 Å². The summed E-state index contributed by atoms with van der Waals surface area (Å²) in [4.78, 5) is 20.4. The molecule has 0 bridgehead atoms. The molecule has 4 rings (SSSR count). The Morgan fingerprint density at radius 3 is 2.66 bits per heavy atom. The molecular weight excluding hydrogens is 382 g/mol. The summed E-state index contributed by atoms with van der Waals surface area (Å²) in [5, 5.41) is 12.8. The number of amides is 1. The molecule has 0 fully saturated rings. The van der Waals surface area contributed by atoms with Crippen molar-refractivity contribution < 1.29 is 4.79 Å². The maximum Gasteiger partial charge on any atom is 0.233 e. The third-order valence-electron chi connectivity index (χ3n) is 5.04. The molecule has 0 aliphatic carbocycles. The van der Waals surface area contributed by atoms with Crippen LogP contribution in [0.2, 0.25) is 0 Å². The van der Waals surface area contributed by atoms with E-state index in [0.717, 1.165) is 22.8 Å².